The van der Waals surface area contributed by atoms with Gasteiger partial charge in [-0.3, -0.25) is 4.99 Å². The summed E-state index contributed by atoms with van der Waals surface area (Å²) in [5, 5.41) is 0. The predicted octanol–water partition coefficient (Wildman–Crippen LogP) is 2.46. The molecule has 2 aliphatic heterocycles. The molecule has 6 nitrogen and oxygen atoms in total. The van der Waals surface area contributed by atoms with Crippen molar-refractivity contribution in [1.29, 1.82) is 0 Å². The van der Waals surface area contributed by atoms with Crippen molar-refractivity contribution >= 4 is 23.1 Å². The van der Waals surface area contributed by atoms with Gasteiger partial charge in [-0.25, -0.2) is 9.97 Å². The minimum absolute atomic E-state index is 0.741. The van der Waals surface area contributed by atoms with Crippen LogP contribution in [0.4, 0.5) is 0 Å². The molecule has 4 rings (SSSR count). The molecule has 4 heterocycles. The lowest BCUT2D eigenvalue weighted by molar-refractivity contribution is 0.0620. The van der Waals surface area contributed by atoms with Crippen molar-refractivity contribution < 1.29 is 4.74 Å². The Balaban J connectivity index is 1.45. The van der Waals surface area contributed by atoms with Gasteiger partial charge in [-0.15, -0.1) is 0 Å². The number of aromatic nitrogens is 3. The molecule has 0 bridgehead atoms. The summed E-state index contributed by atoms with van der Waals surface area (Å²) in [6.45, 7) is 3.79. The number of aromatic amines is 1. The fourth-order valence-electron chi connectivity index (χ4n) is 3.16. The van der Waals surface area contributed by atoms with E-state index in [-0.39, 0.29) is 0 Å². The van der Waals surface area contributed by atoms with Crippen LogP contribution < -0.4 is 0 Å². The van der Waals surface area contributed by atoms with Crippen molar-refractivity contribution in [2.45, 2.75) is 19.3 Å². The maximum absolute atomic E-state index is 5.43. The summed E-state index contributed by atoms with van der Waals surface area (Å²) in [6.07, 6.45) is 11.3. The summed E-state index contributed by atoms with van der Waals surface area (Å²) in [4.78, 5) is 18.5. The fraction of sp³-hybridized carbons (Fsp3) is 0.471. The van der Waals surface area contributed by atoms with Crippen molar-refractivity contribution in [1.82, 2.24) is 19.9 Å². The van der Waals surface area contributed by atoms with Crippen LogP contribution in [0.1, 0.15) is 24.8 Å². The third-order valence-electron chi connectivity index (χ3n) is 4.59. The number of nitrogens with zero attached hydrogens (tertiary/aromatic N) is 4. The summed E-state index contributed by atoms with van der Waals surface area (Å²) in [6, 6.07) is 2.06. The van der Waals surface area contributed by atoms with E-state index in [9.17, 15) is 0 Å². The first-order valence-electron chi connectivity index (χ1n) is 8.24. The van der Waals surface area contributed by atoms with E-state index in [1.165, 1.54) is 19.3 Å². The lowest BCUT2D eigenvalue weighted by Crippen LogP contribution is -2.27. The minimum Gasteiger partial charge on any atom is -0.381 e. The van der Waals surface area contributed by atoms with E-state index >= 15 is 0 Å². The van der Waals surface area contributed by atoms with Gasteiger partial charge in [0.2, 0.25) is 0 Å². The normalized spacial score (nSPS) is 19.3. The quantitative estimate of drug-likeness (QED) is 0.942. The number of fused-ring (bicyclic) bond motifs is 1. The molecule has 0 radical (unpaired) electrons. The average Bonchev–Trinajstić information content (AvgIpc) is 3.09. The van der Waals surface area contributed by atoms with Gasteiger partial charge >= 0.3 is 0 Å². The molecule has 0 saturated carbocycles. The van der Waals surface area contributed by atoms with E-state index in [4.69, 9.17) is 4.74 Å². The SMILES string of the molecule is C1=NC(c2cnc3nc[nH]c3c2)=CN(CCC2CCOCC2)C1. The van der Waals surface area contributed by atoms with Crippen LogP contribution in [0.25, 0.3) is 16.9 Å². The van der Waals surface area contributed by atoms with Crippen LogP contribution in [0.2, 0.25) is 0 Å². The van der Waals surface area contributed by atoms with Crippen molar-refractivity contribution in [2.75, 3.05) is 26.3 Å². The van der Waals surface area contributed by atoms with E-state index in [0.29, 0.717) is 0 Å². The average molecular weight is 311 g/mol. The molecule has 6 heteroatoms. The number of rotatable bonds is 4. The molecule has 2 aromatic rings. The number of hydrogen-bond donors (Lipinski definition) is 1. The Hall–Kier alpha value is -2.21. The number of imidazole rings is 1. The Morgan fingerprint density at radius 1 is 1.26 bits per heavy atom. The molecule has 2 aromatic heterocycles. The second-order valence-corrected chi connectivity index (χ2v) is 6.16. The van der Waals surface area contributed by atoms with E-state index in [1.807, 2.05) is 12.4 Å². The van der Waals surface area contributed by atoms with E-state index in [0.717, 1.165) is 54.6 Å². The van der Waals surface area contributed by atoms with Gasteiger partial charge in [0.25, 0.3) is 0 Å². The Bertz CT molecular complexity index is 729. The Labute approximate surface area is 135 Å². The number of pyridine rings is 1. The topological polar surface area (TPSA) is 66.4 Å². The number of H-pyrrole nitrogens is 1. The number of aliphatic imine (C=N–C) groups is 1. The maximum Gasteiger partial charge on any atom is 0.177 e. The summed E-state index contributed by atoms with van der Waals surface area (Å²) in [5.41, 5.74) is 3.67. The zero-order valence-corrected chi connectivity index (χ0v) is 13.1. The Morgan fingerprint density at radius 2 is 2.17 bits per heavy atom. The van der Waals surface area contributed by atoms with Crippen LogP contribution in [0.3, 0.4) is 0 Å². The van der Waals surface area contributed by atoms with Crippen molar-refractivity contribution in [3.05, 3.63) is 30.4 Å². The molecular formula is C17H21N5O. The Morgan fingerprint density at radius 3 is 3.09 bits per heavy atom. The van der Waals surface area contributed by atoms with Gasteiger partial charge in [0.05, 0.1) is 24.1 Å². The van der Waals surface area contributed by atoms with E-state index < -0.39 is 0 Å². The molecule has 0 aliphatic carbocycles. The predicted molar refractivity (Wildman–Crippen MR) is 90.1 cm³/mol. The molecule has 0 spiro atoms. The van der Waals surface area contributed by atoms with E-state index in [1.54, 1.807) is 6.33 Å². The summed E-state index contributed by atoms with van der Waals surface area (Å²) < 4.78 is 5.43. The Kier molecular flexibility index (Phi) is 4.06. The highest BCUT2D eigenvalue weighted by Gasteiger charge is 2.16. The molecule has 1 fully saturated rings. The largest absolute Gasteiger partial charge is 0.381 e. The first-order valence-corrected chi connectivity index (χ1v) is 8.24. The summed E-state index contributed by atoms with van der Waals surface area (Å²) >= 11 is 0. The number of ether oxygens (including phenoxy) is 1. The van der Waals surface area contributed by atoms with Gasteiger partial charge in [0.15, 0.2) is 5.65 Å². The zero-order chi connectivity index (χ0) is 15.5. The smallest absolute Gasteiger partial charge is 0.177 e. The van der Waals surface area contributed by atoms with Gasteiger partial charge in [-0.1, -0.05) is 0 Å². The summed E-state index contributed by atoms with van der Waals surface area (Å²) in [7, 11) is 0. The van der Waals surface area contributed by atoms with Crippen molar-refractivity contribution in [2.24, 2.45) is 10.9 Å². The van der Waals surface area contributed by atoms with Gasteiger partial charge in [0, 0.05) is 43.9 Å². The minimum atomic E-state index is 0.741. The van der Waals surface area contributed by atoms with Crippen molar-refractivity contribution in [3.63, 3.8) is 0 Å². The van der Waals surface area contributed by atoms with Gasteiger partial charge < -0.3 is 14.6 Å². The number of nitrogens with one attached hydrogen (secondary N) is 1. The van der Waals surface area contributed by atoms with Gasteiger partial charge in [-0.2, -0.15) is 0 Å². The maximum atomic E-state index is 5.43. The second-order valence-electron chi connectivity index (χ2n) is 6.16. The molecule has 1 N–H and O–H groups in total. The van der Waals surface area contributed by atoms with Crippen LogP contribution in [0.5, 0.6) is 0 Å². The standard InChI is InChI=1S/C17H21N5O/c1(13-2-7-23-8-3-13)5-22-6-4-18-16(11-22)14-9-15-17(19-10-14)21-12-20-15/h4,9-13H,1-3,5-8H2,(H,19,20,21). The number of hydrogen-bond acceptors (Lipinski definition) is 5. The fourth-order valence-corrected chi connectivity index (χ4v) is 3.16. The molecule has 0 atom stereocenters. The monoisotopic (exact) mass is 311 g/mol. The highest BCUT2D eigenvalue weighted by molar-refractivity contribution is 5.81. The third kappa shape index (κ3) is 3.27. The molecular weight excluding hydrogens is 290 g/mol. The molecule has 23 heavy (non-hydrogen) atoms. The van der Waals surface area contributed by atoms with Crippen LogP contribution >= 0.6 is 0 Å². The van der Waals surface area contributed by atoms with Gasteiger partial charge in [-0.05, 0) is 31.2 Å². The highest BCUT2D eigenvalue weighted by Crippen LogP contribution is 2.23. The first-order chi connectivity index (χ1) is 11.4. The van der Waals surface area contributed by atoms with Gasteiger partial charge in [0.1, 0.15) is 0 Å². The second kappa shape index (κ2) is 6.50. The van der Waals surface area contributed by atoms with Crippen LogP contribution in [0.15, 0.2) is 29.8 Å². The molecule has 0 amide bonds. The zero-order valence-electron chi connectivity index (χ0n) is 13.1. The van der Waals surface area contributed by atoms with Crippen molar-refractivity contribution in [3.8, 4) is 0 Å². The van der Waals surface area contributed by atoms with Crippen LogP contribution in [-0.2, 0) is 4.74 Å². The molecule has 120 valence electrons. The lowest BCUT2D eigenvalue weighted by Gasteiger charge is -2.27. The van der Waals surface area contributed by atoms with E-state index in [2.05, 4.69) is 37.1 Å². The lowest BCUT2D eigenvalue weighted by atomic mass is 9.96. The molecule has 0 unspecified atom stereocenters. The first kappa shape index (κ1) is 14.4. The third-order valence-corrected chi connectivity index (χ3v) is 4.59. The van der Waals surface area contributed by atoms with Crippen LogP contribution in [0, 0.1) is 5.92 Å². The molecule has 1 saturated heterocycles. The molecule has 0 aromatic carbocycles. The highest BCUT2D eigenvalue weighted by atomic mass is 16.5. The molecule has 2 aliphatic rings. The van der Waals surface area contributed by atoms with Crippen LogP contribution in [-0.4, -0.2) is 52.4 Å². The summed E-state index contributed by atoms with van der Waals surface area (Å²) in [5.74, 6) is 0.794.